The van der Waals surface area contributed by atoms with Crippen molar-refractivity contribution in [3.8, 4) is 0 Å². The SMILES string of the molecule is CCNC(=O)OCCCNCc1ccccc1. The maximum atomic E-state index is 10.9. The second kappa shape index (κ2) is 8.58. The second-order valence-electron chi connectivity index (χ2n) is 3.68. The number of benzene rings is 1. The van der Waals surface area contributed by atoms with Crippen LogP contribution in [0.25, 0.3) is 0 Å². The number of nitrogens with one attached hydrogen (secondary N) is 2. The van der Waals surface area contributed by atoms with Crippen molar-refractivity contribution >= 4 is 6.09 Å². The minimum absolute atomic E-state index is 0.337. The van der Waals surface area contributed by atoms with E-state index in [1.807, 2.05) is 25.1 Å². The molecule has 0 bridgehead atoms. The average molecular weight is 236 g/mol. The minimum atomic E-state index is -0.337. The van der Waals surface area contributed by atoms with Crippen molar-refractivity contribution in [1.82, 2.24) is 10.6 Å². The van der Waals surface area contributed by atoms with Gasteiger partial charge >= 0.3 is 6.09 Å². The number of rotatable bonds is 7. The average Bonchev–Trinajstić information content (AvgIpc) is 2.35. The molecular weight excluding hydrogens is 216 g/mol. The zero-order valence-electron chi connectivity index (χ0n) is 10.2. The Hall–Kier alpha value is -1.55. The van der Waals surface area contributed by atoms with Gasteiger partial charge in [-0.2, -0.15) is 0 Å². The van der Waals surface area contributed by atoms with Gasteiger partial charge in [0.15, 0.2) is 0 Å². The van der Waals surface area contributed by atoms with Gasteiger partial charge in [-0.25, -0.2) is 4.79 Å². The van der Waals surface area contributed by atoms with Crippen molar-refractivity contribution < 1.29 is 9.53 Å². The molecule has 0 saturated carbocycles. The summed E-state index contributed by atoms with van der Waals surface area (Å²) in [6, 6.07) is 10.2. The van der Waals surface area contributed by atoms with E-state index in [1.54, 1.807) is 0 Å². The Balaban J connectivity index is 1.96. The molecule has 1 rings (SSSR count). The molecule has 0 aliphatic carbocycles. The van der Waals surface area contributed by atoms with Gasteiger partial charge in [-0.15, -0.1) is 0 Å². The van der Waals surface area contributed by atoms with E-state index < -0.39 is 0 Å². The fraction of sp³-hybridized carbons (Fsp3) is 0.462. The van der Waals surface area contributed by atoms with Crippen molar-refractivity contribution in [3.63, 3.8) is 0 Å². The van der Waals surface area contributed by atoms with Gasteiger partial charge in [0.25, 0.3) is 0 Å². The quantitative estimate of drug-likeness (QED) is 0.711. The Morgan fingerprint density at radius 1 is 1.29 bits per heavy atom. The molecule has 0 aliphatic rings. The molecular formula is C13H20N2O2. The van der Waals surface area contributed by atoms with Crippen LogP contribution in [0.5, 0.6) is 0 Å². The van der Waals surface area contributed by atoms with Crippen LogP contribution in [0.2, 0.25) is 0 Å². The Labute approximate surface area is 102 Å². The number of carbonyl (C=O) groups is 1. The largest absolute Gasteiger partial charge is 0.450 e. The van der Waals surface area contributed by atoms with Crippen LogP contribution in [-0.2, 0) is 11.3 Å². The molecule has 0 spiro atoms. The highest BCUT2D eigenvalue weighted by Gasteiger charge is 1.98. The molecule has 17 heavy (non-hydrogen) atoms. The molecule has 1 aromatic carbocycles. The summed E-state index contributed by atoms with van der Waals surface area (Å²) in [5, 5.41) is 5.88. The van der Waals surface area contributed by atoms with Crippen LogP contribution in [-0.4, -0.2) is 25.8 Å². The zero-order chi connectivity index (χ0) is 12.3. The maximum Gasteiger partial charge on any atom is 0.407 e. The number of ether oxygens (including phenoxy) is 1. The molecule has 94 valence electrons. The van der Waals surface area contributed by atoms with Crippen LogP contribution in [0.3, 0.4) is 0 Å². The van der Waals surface area contributed by atoms with E-state index in [0.29, 0.717) is 13.2 Å². The summed E-state index contributed by atoms with van der Waals surface area (Å²) in [4.78, 5) is 10.9. The summed E-state index contributed by atoms with van der Waals surface area (Å²) < 4.78 is 4.94. The number of amides is 1. The van der Waals surface area contributed by atoms with Crippen molar-refractivity contribution in [2.75, 3.05) is 19.7 Å². The first-order valence-corrected chi connectivity index (χ1v) is 5.98. The lowest BCUT2D eigenvalue weighted by Gasteiger charge is -2.06. The smallest absolute Gasteiger partial charge is 0.407 e. The van der Waals surface area contributed by atoms with Gasteiger partial charge in [0.2, 0.25) is 0 Å². The summed E-state index contributed by atoms with van der Waals surface area (Å²) in [5.41, 5.74) is 1.26. The lowest BCUT2D eigenvalue weighted by molar-refractivity contribution is 0.145. The van der Waals surface area contributed by atoms with E-state index >= 15 is 0 Å². The fourth-order valence-corrected chi connectivity index (χ4v) is 1.39. The predicted octanol–water partition coefficient (Wildman–Crippen LogP) is 1.91. The number of carbonyl (C=O) groups excluding carboxylic acids is 1. The molecule has 4 nitrogen and oxygen atoms in total. The monoisotopic (exact) mass is 236 g/mol. The first kappa shape index (κ1) is 13.5. The fourth-order valence-electron chi connectivity index (χ4n) is 1.39. The van der Waals surface area contributed by atoms with Crippen LogP contribution in [0.15, 0.2) is 30.3 Å². The zero-order valence-corrected chi connectivity index (χ0v) is 10.2. The van der Waals surface area contributed by atoms with Gasteiger partial charge in [0.1, 0.15) is 0 Å². The maximum absolute atomic E-state index is 10.9. The Kier molecular flexibility index (Phi) is 6.82. The molecule has 0 unspecified atom stereocenters. The highest BCUT2D eigenvalue weighted by molar-refractivity contribution is 5.66. The van der Waals surface area contributed by atoms with E-state index in [0.717, 1.165) is 19.5 Å². The Morgan fingerprint density at radius 2 is 2.06 bits per heavy atom. The molecule has 0 radical (unpaired) electrons. The highest BCUT2D eigenvalue weighted by Crippen LogP contribution is 1.96. The van der Waals surface area contributed by atoms with Crippen molar-refractivity contribution in [1.29, 1.82) is 0 Å². The lowest BCUT2D eigenvalue weighted by atomic mass is 10.2. The number of alkyl carbamates (subject to hydrolysis) is 1. The summed E-state index contributed by atoms with van der Waals surface area (Å²) in [6.45, 7) is 4.61. The van der Waals surface area contributed by atoms with Crippen LogP contribution in [0.4, 0.5) is 4.79 Å². The van der Waals surface area contributed by atoms with Crippen LogP contribution in [0, 0.1) is 0 Å². The first-order chi connectivity index (χ1) is 8.33. The van der Waals surface area contributed by atoms with Gasteiger partial charge in [-0.3, -0.25) is 0 Å². The predicted molar refractivity (Wildman–Crippen MR) is 67.8 cm³/mol. The van der Waals surface area contributed by atoms with E-state index in [-0.39, 0.29) is 6.09 Å². The molecule has 0 aliphatic heterocycles. The number of hydrogen-bond donors (Lipinski definition) is 2. The van der Waals surface area contributed by atoms with Gasteiger partial charge in [0, 0.05) is 13.1 Å². The van der Waals surface area contributed by atoms with Gasteiger partial charge in [-0.05, 0) is 25.5 Å². The molecule has 4 heteroatoms. The lowest BCUT2D eigenvalue weighted by Crippen LogP contribution is -2.25. The molecule has 2 N–H and O–H groups in total. The summed E-state index contributed by atoms with van der Waals surface area (Å²) in [5.74, 6) is 0. The molecule has 0 aromatic heterocycles. The van der Waals surface area contributed by atoms with E-state index in [9.17, 15) is 4.79 Å². The molecule has 0 saturated heterocycles. The summed E-state index contributed by atoms with van der Waals surface area (Å²) in [6.07, 6.45) is 0.486. The molecule has 1 aromatic rings. The summed E-state index contributed by atoms with van der Waals surface area (Å²) in [7, 11) is 0. The van der Waals surface area contributed by atoms with Gasteiger partial charge < -0.3 is 15.4 Å². The van der Waals surface area contributed by atoms with Gasteiger partial charge in [-0.1, -0.05) is 30.3 Å². The van der Waals surface area contributed by atoms with Crippen LogP contribution in [0.1, 0.15) is 18.9 Å². The molecule has 1 amide bonds. The van der Waals surface area contributed by atoms with Crippen LogP contribution < -0.4 is 10.6 Å². The standard InChI is InChI=1S/C13H20N2O2/c1-2-15-13(16)17-10-6-9-14-11-12-7-4-3-5-8-12/h3-5,7-8,14H,2,6,9-11H2,1H3,(H,15,16). The van der Waals surface area contributed by atoms with Crippen molar-refractivity contribution in [2.45, 2.75) is 19.9 Å². The number of hydrogen-bond acceptors (Lipinski definition) is 3. The van der Waals surface area contributed by atoms with Crippen molar-refractivity contribution in [2.24, 2.45) is 0 Å². The molecule has 0 atom stereocenters. The molecule has 0 heterocycles. The highest BCUT2D eigenvalue weighted by atomic mass is 16.5. The third-order valence-corrected chi connectivity index (χ3v) is 2.22. The van der Waals surface area contributed by atoms with Gasteiger partial charge in [0.05, 0.1) is 6.61 Å². The minimum Gasteiger partial charge on any atom is -0.450 e. The van der Waals surface area contributed by atoms with Crippen molar-refractivity contribution in [3.05, 3.63) is 35.9 Å². The van der Waals surface area contributed by atoms with Crippen LogP contribution >= 0.6 is 0 Å². The second-order valence-corrected chi connectivity index (χ2v) is 3.68. The third kappa shape index (κ3) is 6.58. The van der Waals surface area contributed by atoms with E-state index in [2.05, 4.69) is 22.8 Å². The normalized spacial score (nSPS) is 9.94. The van der Waals surface area contributed by atoms with E-state index in [1.165, 1.54) is 5.56 Å². The first-order valence-electron chi connectivity index (χ1n) is 5.98. The molecule has 0 fully saturated rings. The Bertz CT molecular complexity index is 314. The topological polar surface area (TPSA) is 50.4 Å². The summed E-state index contributed by atoms with van der Waals surface area (Å²) >= 11 is 0. The Morgan fingerprint density at radius 3 is 2.76 bits per heavy atom. The third-order valence-electron chi connectivity index (χ3n) is 2.22. The van der Waals surface area contributed by atoms with E-state index in [4.69, 9.17) is 4.74 Å².